The minimum atomic E-state index is -1.78. The van der Waals surface area contributed by atoms with Crippen LogP contribution in [0.3, 0.4) is 0 Å². The van der Waals surface area contributed by atoms with Crippen LogP contribution in [-0.2, 0) is 9.22 Å². The maximum Gasteiger partial charge on any atom is 0.192 e. The Hall–Kier alpha value is -0.193. The number of rotatable bonds is 3. The molecule has 1 N–H and O–H groups in total. The summed E-state index contributed by atoms with van der Waals surface area (Å²) in [4.78, 5) is 12.6. The van der Waals surface area contributed by atoms with Crippen molar-refractivity contribution in [3.05, 3.63) is 0 Å². The Balaban J connectivity index is 1.83. The summed E-state index contributed by atoms with van der Waals surface area (Å²) in [6.07, 6.45) is 6.64. The second-order valence-electron chi connectivity index (χ2n) is 11.4. The predicted octanol–water partition coefficient (Wildman–Crippen LogP) is 5.18. The number of ketones is 1. The van der Waals surface area contributed by atoms with Gasteiger partial charge in [-0.05, 0) is 73.4 Å². The highest BCUT2D eigenvalue weighted by Gasteiger charge is 2.60. The van der Waals surface area contributed by atoms with E-state index in [9.17, 15) is 9.90 Å². The van der Waals surface area contributed by atoms with Gasteiger partial charge >= 0.3 is 0 Å². The fourth-order valence-electron chi connectivity index (χ4n) is 6.15. The van der Waals surface area contributed by atoms with Crippen molar-refractivity contribution in [2.24, 2.45) is 28.6 Å². The van der Waals surface area contributed by atoms with Crippen molar-refractivity contribution in [2.45, 2.75) is 97.4 Å². The van der Waals surface area contributed by atoms with Crippen LogP contribution in [0.4, 0.5) is 0 Å². The Labute approximate surface area is 161 Å². The summed E-state index contributed by atoms with van der Waals surface area (Å²) in [5, 5.41) is 10.3. The van der Waals surface area contributed by atoms with Gasteiger partial charge in [-0.1, -0.05) is 34.6 Å². The van der Waals surface area contributed by atoms with Crippen molar-refractivity contribution < 1.29 is 14.3 Å². The number of hydrogen-bond donors (Lipinski definition) is 1. The van der Waals surface area contributed by atoms with E-state index in [0.717, 1.165) is 19.3 Å². The molecule has 0 aromatic carbocycles. The molecular formula is C22H40O3Si. The summed E-state index contributed by atoms with van der Waals surface area (Å²) in [5.41, 5.74) is -0.268. The molecule has 3 nitrogen and oxygen atoms in total. The lowest BCUT2D eigenvalue weighted by Gasteiger charge is -2.56. The molecule has 0 aromatic rings. The second-order valence-corrected chi connectivity index (χ2v) is 16.2. The normalized spacial score (nSPS) is 43.9. The van der Waals surface area contributed by atoms with Crippen LogP contribution in [0.2, 0.25) is 18.1 Å². The smallest absolute Gasteiger partial charge is 0.192 e. The lowest BCUT2D eigenvalue weighted by Crippen LogP contribution is -2.55. The molecule has 0 radical (unpaired) electrons. The molecule has 150 valence electrons. The van der Waals surface area contributed by atoms with E-state index < -0.39 is 13.7 Å². The van der Waals surface area contributed by atoms with Crippen molar-refractivity contribution in [1.82, 2.24) is 0 Å². The largest absolute Gasteiger partial charge is 0.413 e. The summed E-state index contributed by atoms with van der Waals surface area (Å²) in [5.74, 6) is 1.88. The van der Waals surface area contributed by atoms with Gasteiger partial charge in [0, 0.05) is 6.42 Å². The van der Waals surface area contributed by atoms with E-state index >= 15 is 0 Å². The van der Waals surface area contributed by atoms with Gasteiger partial charge in [0.2, 0.25) is 0 Å². The van der Waals surface area contributed by atoms with Gasteiger partial charge in [0.15, 0.2) is 8.32 Å². The van der Waals surface area contributed by atoms with Crippen LogP contribution in [0, 0.1) is 28.6 Å². The quantitative estimate of drug-likeness (QED) is 0.686. The molecule has 0 amide bonds. The predicted molar refractivity (Wildman–Crippen MR) is 109 cm³/mol. The molecule has 3 aliphatic rings. The first-order valence-electron chi connectivity index (χ1n) is 10.7. The molecule has 0 spiro atoms. The van der Waals surface area contributed by atoms with Crippen molar-refractivity contribution >= 4 is 14.1 Å². The SMILES string of the molecule is CC(C)(C)[Si](C)(C)O[C@H]1CC[C@@H]2[C@H]3CCC(=O)[C@](C)(CO)[C@H]3CC[C@]12C. The molecule has 4 heteroatoms. The Morgan fingerprint density at radius 1 is 1.12 bits per heavy atom. The van der Waals surface area contributed by atoms with E-state index in [4.69, 9.17) is 4.43 Å². The zero-order valence-corrected chi connectivity index (χ0v) is 19.0. The Morgan fingerprint density at radius 2 is 1.77 bits per heavy atom. The van der Waals surface area contributed by atoms with Crippen LogP contribution in [0.25, 0.3) is 0 Å². The maximum atomic E-state index is 12.6. The number of hydrogen-bond acceptors (Lipinski definition) is 3. The zero-order valence-electron chi connectivity index (χ0n) is 18.0. The summed E-state index contributed by atoms with van der Waals surface area (Å²) in [6, 6.07) is 0. The van der Waals surface area contributed by atoms with Crippen LogP contribution >= 0.6 is 0 Å². The molecule has 3 aliphatic carbocycles. The molecule has 3 saturated carbocycles. The number of fused-ring (bicyclic) bond motifs is 3. The van der Waals surface area contributed by atoms with Gasteiger partial charge in [0.1, 0.15) is 5.78 Å². The standard InChI is InChI=1S/C22H40O3Si/c1-20(2,3)26(6,7)25-19-11-9-16-15-8-10-18(24)22(5,14-23)17(15)12-13-21(16,19)4/h15-17,19,23H,8-14H2,1-7H3/t15-,16-,17+,19+,21+,22-/m1/s1. The highest BCUT2D eigenvalue weighted by atomic mass is 28.4. The topological polar surface area (TPSA) is 46.5 Å². The summed E-state index contributed by atoms with van der Waals surface area (Å²) < 4.78 is 6.94. The third-order valence-corrected chi connectivity index (χ3v) is 13.6. The van der Waals surface area contributed by atoms with Gasteiger partial charge < -0.3 is 9.53 Å². The van der Waals surface area contributed by atoms with Crippen LogP contribution < -0.4 is 0 Å². The van der Waals surface area contributed by atoms with Gasteiger partial charge in [-0.15, -0.1) is 0 Å². The van der Waals surface area contributed by atoms with E-state index in [1.54, 1.807) is 0 Å². The van der Waals surface area contributed by atoms with E-state index in [1.807, 2.05) is 6.92 Å². The monoisotopic (exact) mass is 380 g/mol. The van der Waals surface area contributed by atoms with Crippen LogP contribution in [-0.4, -0.2) is 31.9 Å². The maximum absolute atomic E-state index is 12.6. The molecule has 26 heavy (non-hydrogen) atoms. The Kier molecular flexibility index (Phi) is 5.07. The third kappa shape index (κ3) is 2.95. The summed E-state index contributed by atoms with van der Waals surface area (Å²) in [6.45, 7) is 16.2. The number of Topliss-reactive ketones (excluding diaryl/α,β-unsaturated/α-hetero) is 1. The summed E-state index contributed by atoms with van der Waals surface area (Å²) in [7, 11) is -1.78. The average Bonchev–Trinajstić information content (AvgIpc) is 2.86. The highest BCUT2D eigenvalue weighted by Crippen LogP contribution is 2.63. The second kappa shape index (κ2) is 6.42. The van der Waals surface area contributed by atoms with E-state index in [0.29, 0.717) is 30.3 Å². The molecule has 0 aliphatic heterocycles. The van der Waals surface area contributed by atoms with Gasteiger partial charge in [-0.3, -0.25) is 4.79 Å². The molecule has 3 fully saturated rings. The summed E-state index contributed by atoms with van der Waals surface area (Å²) >= 11 is 0. The van der Waals surface area contributed by atoms with E-state index in [-0.39, 0.29) is 22.8 Å². The first-order chi connectivity index (χ1) is 11.9. The van der Waals surface area contributed by atoms with Crippen molar-refractivity contribution in [3.8, 4) is 0 Å². The Bertz CT molecular complexity index is 566. The molecule has 3 rings (SSSR count). The molecule has 0 heterocycles. The van der Waals surface area contributed by atoms with E-state index in [1.165, 1.54) is 12.8 Å². The van der Waals surface area contributed by atoms with Crippen molar-refractivity contribution in [2.75, 3.05) is 6.61 Å². The van der Waals surface area contributed by atoms with Gasteiger partial charge in [0.05, 0.1) is 18.1 Å². The first-order valence-corrected chi connectivity index (χ1v) is 13.6. The average molecular weight is 381 g/mol. The Morgan fingerprint density at radius 3 is 2.35 bits per heavy atom. The van der Waals surface area contributed by atoms with Crippen LogP contribution in [0.5, 0.6) is 0 Å². The molecule has 0 saturated heterocycles. The fourth-order valence-corrected chi connectivity index (χ4v) is 7.61. The minimum absolute atomic E-state index is 0.0142. The van der Waals surface area contributed by atoms with E-state index in [2.05, 4.69) is 40.8 Å². The number of carbonyl (C=O) groups excluding carboxylic acids is 1. The number of aliphatic hydroxyl groups is 1. The number of carbonyl (C=O) groups is 1. The molecule has 0 bridgehead atoms. The third-order valence-electron chi connectivity index (χ3n) is 9.08. The zero-order chi connectivity index (χ0) is 19.5. The van der Waals surface area contributed by atoms with Crippen molar-refractivity contribution in [3.63, 3.8) is 0 Å². The number of aliphatic hydroxyl groups excluding tert-OH is 1. The molecular weight excluding hydrogens is 340 g/mol. The first kappa shape index (κ1) is 20.5. The molecule has 0 aromatic heterocycles. The van der Waals surface area contributed by atoms with Crippen LogP contribution in [0.1, 0.15) is 73.1 Å². The minimum Gasteiger partial charge on any atom is -0.413 e. The molecule has 0 unspecified atom stereocenters. The van der Waals surface area contributed by atoms with Crippen molar-refractivity contribution in [1.29, 1.82) is 0 Å². The lowest BCUT2D eigenvalue weighted by molar-refractivity contribution is -0.150. The lowest BCUT2D eigenvalue weighted by atomic mass is 9.50. The van der Waals surface area contributed by atoms with Gasteiger partial charge in [-0.25, -0.2) is 0 Å². The van der Waals surface area contributed by atoms with Gasteiger partial charge in [-0.2, -0.15) is 0 Å². The fraction of sp³-hybridized carbons (Fsp3) is 0.955. The van der Waals surface area contributed by atoms with Gasteiger partial charge in [0.25, 0.3) is 0 Å². The highest BCUT2D eigenvalue weighted by molar-refractivity contribution is 6.74. The molecule has 6 atom stereocenters. The van der Waals surface area contributed by atoms with Crippen LogP contribution in [0.15, 0.2) is 0 Å².